The average molecular weight is 282 g/mol. The molecule has 1 rings (SSSR count). The summed E-state index contributed by atoms with van der Waals surface area (Å²) in [6, 6.07) is 2.43. The van der Waals surface area contributed by atoms with Gasteiger partial charge in [0.15, 0.2) is 0 Å². The maximum absolute atomic E-state index is 11.9. The van der Waals surface area contributed by atoms with E-state index in [1.807, 2.05) is 16.9 Å². The molecule has 3 nitrogen and oxygen atoms in total. The van der Waals surface area contributed by atoms with Crippen molar-refractivity contribution in [3.8, 4) is 0 Å². The van der Waals surface area contributed by atoms with Crippen LogP contribution in [0.25, 0.3) is 0 Å². The molecule has 1 unspecified atom stereocenters. The van der Waals surface area contributed by atoms with Crippen LogP contribution in [0.15, 0.2) is 12.3 Å². The summed E-state index contributed by atoms with van der Waals surface area (Å²) >= 11 is 1.74. The highest BCUT2D eigenvalue weighted by Gasteiger charge is 2.11. The van der Waals surface area contributed by atoms with E-state index >= 15 is 0 Å². The predicted octanol–water partition coefficient (Wildman–Crippen LogP) is 3.89. The molecular weight excluding hydrogens is 256 g/mol. The summed E-state index contributed by atoms with van der Waals surface area (Å²) in [5.74, 6) is 0.882. The van der Waals surface area contributed by atoms with Crippen LogP contribution in [0.1, 0.15) is 58.7 Å². The van der Waals surface area contributed by atoms with Crippen molar-refractivity contribution < 1.29 is 4.79 Å². The highest BCUT2D eigenvalue weighted by Crippen LogP contribution is 2.16. The summed E-state index contributed by atoms with van der Waals surface area (Å²) in [7, 11) is 0. The van der Waals surface area contributed by atoms with Crippen LogP contribution in [0.5, 0.6) is 0 Å². The molecule has 19 heavy (non-hydrogen) atoms. The Balaban J connectivity index is 2.47. The van der Waals surface area contributed by atoms with Crippen LogP contribution in [0.4, 0.5) is 0 Å². The van der Waals surface area contributed by atoms with Gasteiger partial charge in [0, 0.05) is 11.4 Å². The Morgan fingerprint density at radius 3 is 2.58 bits per heavy atom. The number of thioether (sulfide) groups is 1. The lowest BCUT2D eigenvalue weighted by molar-refractivity contribution is -0.116. The molecule has 1 aromatic rings. The Hall–Kier alpha value is -0.770. The van der Waals surface area contributed by atoms with Gasteiger partial charge in [-0.2, -0.15) is 16.9 Å². The normalized spacial score (nSPS) is 12.9. The van der Waals surface area contributed by atoms with Crippen molar-refractivity contribution in [3.63, 3.8) is 0 Å². The number of hydrogen-bond donors (Lipinski definition) is 0. The molecule has 0 aliphatic carbocycles. The quantitative estimate of drug-likeness (QED) is 0.689. The highest BCUT2D eigenvalue weighted by molar-refractivity contribution is 8.00. The number of Topliss-reactive ketones (excluding diaryl/α,β-unsaturated/α-hetero) is 1. The summed E-state index contributed by atoms with van der Waals surface area (Å²) in [5, 5.41) is 5.09. The van der Waals surface area contributed by atoms with E-state index in [1.165, 1.54) is 0 Å². The fraction of sp³-hybridized carbons (Fsp3) is 0.733. The minimum Gasteiger partial charge on any atom is -0.298 e. The van der Waals surface area contributed by atoms with Crippen molar-refractivity contribution in [2.24, 2.45) is 0 Å². The van der Waals surface area contributed by atoms with Crippen LogP contribution in [0.3, 0.4) is 0 Å². The Morgan fingerprint density at radius 1 is 1.32 bits per heavy atom. The smallest absolute Gasteiger partial charge is 0.148 e. The van der Waals surface area contributed by atoms with Crippen LogP contribution in [0.2, 0.25) is 0 Å². The number of carbonyl (C=O) groups excluding carboxylic acids is 1. The van der Waals surface area contributed by atoms with E-state index in [2.05, 4.69) is 32.8 Å². The topological polar surface area (TPSA) is 34.9 Å². The second kappa shape index (κ2) is 8.41. The maximum atomic E-state index is 11.9. The van der Waals surface area contributed by atoms with E-state index in [0.717, 1.165) is 25.0 Å². The number of ketones is 1. The molecule has 4 heteroatoms. The van der Waals surface area contributed by atoms with E-state index in [0.29, 0.717) is 23.5 Å². The Kier molecular flexibility index (Phi) is 7.21. The van der Waals surface area contributed by atoms with E-state index in [4.69, 9.17) is 0 Å². The molecule has 0 fully saturated rings. The molecule has 0 N–H and O–H groups in total. The number of carbonyl (C=O) groups is 1. The van der Waals surface area contributed by atoms with Crippen molar-refractivity contribution in [1.82, 2.24) is 9.78 Å². The molecule has 0 amide bonds. The van der Waals surface area contributed by atoms with Gasteiger partial charge >= 0.3 is 0 Å². The van der Waals surface area contributed by atoms with Crippen LogP contribution >= 0.6 is 11.8 Å². The van der Waals surface area contributed by atoms with Gasteiger partial charge in [-0.1, -0.05) is 27.7 Å². The molecule has 0 aliphatic rings. The Bertz CT molecular complexity index is 385. The van der Waals surface area contributed by atoms with Crippen LogP contribution in [-0.2, 0) is 11.2 Å². The predicted molar refractivity (Wildman–Crippen MR) is 82.8 cm³/mol. The molecule has 1 aromatic heterocycles. The van der Waals surface area contributed by atoms with Crippen LogP contribution < -0.4 is 0 Å². The number of aromatic nitrogens is 2. The molecule has 0 saturated heterocycles. The molecule has 1 heterocycles. The highest BCUT2D eigenvalue weighted by atomic mass is 32.2. The van der Waals surface area contributed by atoms with Gasteiger partial charge < -0.3 is 0 Å². The first-order valence-corrected chi connectivity index (χ1v) is 8.32. The van der Waals surface area contributed by atoms with Crippen molar-refractivity contribution in [3.05, 3.63) is 18.0 Å². The third-order valence-corrected chi connectivity index (χ3v) is 4.85. The summed E-state index contributed by atoms with van der Waals surface area (Å²) in [5.41, 5.74) is 0.904. The lowest BCUT2D eigenvalue weighted by Gasteiger charge is -2.12. The monoisotopic (exact) mass is 282 g/mol. The third-order valence-electron chi connectivity index (χ3n) is 3.46. The molecule has 0 saturated carbocycles. The molecule has 0 spiro atoms. The maximum Gasteiger partial charge on any atom is 0.148 e. The first-order chi connectivity index (χ1) is 9.10. The average Bonchev–Trinajstić information content (AvgIpc) is 2.85. The van der Waals surface area contributed by atoms with Crippen molar-refractivity contribution in [1.29, 1.82) is 0 Å². The van der Waals surface area contributed by atoms with E-state index in [9.17, 15) is 4.79 Å². The first-order valence-electron chi connectivity index (χ1n) is 7.27. The number of nitrogens with zero attached hydrogens (tertiary/aromatic N) is 2. The van der Waals surface area contributed by atoms with Gasteiger partial charge in [-0.3, -0.25) is 9.48 Å². The molecule has 108 valence electrons. The van der Waals surface area contributed by atoms with Gasteiger partial charge in [0.25, 0.3) is 0 Å². The van der Waals surface area contributed by atoms with Crippen LogP contribution in [0, 0.1) is 0 Å². The second-order valence-corrected chi connectivity index (χ2v) is 6.43. The largest absolute Gasteiger partial charge is 0.298 e. The summed E-state index contributed by atoms with van der Waals surface area (Å²) in [6.45, 7) is 8.66. The molecule has 0 radical (unpaired) electrons. The fourth-order valence-corrected chi connectivity index (χ4v) is 2.75. The van der Waals surface area contributed by atoms with Gasteiger partial charge in [0.2, 0.25) is 0 Å². The van der Waals surface area contributed by atoms with Crippen molar-refractivity contribution >= 4 is 17.5 Å². The van der Waals surface area contributed by atoms with Gasteiger partial charge in [-0.15, -0.1) is 0 Å². The van der Waals surface area contributed by atoms with Gasteiger partial charge in [0.1, 0.15) is 5.78 Å². The minimum absolute atomic E-state index is 0.278. The second-order valence-electron chi connectivity index (χ2n) is 5.00. The van der Waals surface area contributed by atoms with Gasteiger partial charge in [0.05, 0.1) is 23.9 Å². The zero-order valence-corrected chi connectivity index (χ0v) is 13.4. The summed E-state index contributed by atoms with van der Waals surface area (Å²) in [6.07, 6.45) is 5.74. The van der Waals surface area contributed by atoms with Crippen molar-refractivity contribution in [2.75, 3.05) is 5.75 Å². The van der Waals surface area contributed by atoms with Crippen molar-refractivity contribution in [2.45, 2.75) is 64.7 Å². The molecule has 0 aromatic carbocycles. The lowest BCUT2D eigenvalue weighted by atomic mass is 10.2. The summed E-state index contributed by atoms with van der Waals surface area (Å²) in [4.78, 5) is 11.9. The molecule has 0 bridgehead atoms. The number of hydrogen-bond acceptors (Lipinski definition) is 3. The minimum atomic E-state index is 0.278. The van der Waals surface area contributed by atoms with Gasteiger partial charge in [-0.05, 0) is 25.3 Å². The lowest BCUT2D eigenvalue weighted by Crippen LogP contribution is -2.11. The van der Waals surface area contributed by atoms with E-state index < -0.39 is 0 Å². The number of rotatable bonds is 9. The zero-order chi connectivity index (χ0) is 14.3. The standard InChI is InChI=1S/C15H26N2OS/c1-5-12(4)19-11-15(18)10-13-8-9-17(16-13)14(6-2)7-3/h8-9,12,14H,5-7,10-11H2,1-4H3. The zero-order valence-electron chi connectivity index (χ0n) is 12.6. The molecular formula is C15H26N2OS. The summed E-state index contributed by atoms with van der Waals surface area (Å²) < 4.78 is 2.00. The van der Waals surface area contributed by atoms with E-state index in [1.54, 1.807) is 11.8 Å². The third kappa shape index (κ3) is 5.39. The molecule has 0 aliphatic heterocycles. The first kappa shape index (κ1) is 16.3. The van der Waals surface area contributed by atoms with Gasteiger partial charge in [-0.25, -0.2) is 0 Å². The SMILES string of the molecule is CCC(C)SCC(=O)Cc1ccn(C(CC)CC)n1. The Morgan fingerprint density at radius 2 is 2.00 bits per heavy atom. The molecule has 1 atom stereocenters. The van der Waals surface area contributed by atoms with E-state index in [-0.39, 0.29) is 5.78 Å². The van der Waals surface area contributed by atoms with Crippen LogP contribution in [-0.4, -0.2) is 26.6 Å². The Labute approximate surface area is 121 Å². The fourth-order valence-electron chi connectivity index (χ4n) is 1.94.